The van der Waals surface area contributed by atoms with E-state index in [0.29, 0.717) is 23.8 Å². The molecule has 0 aliphatic heterocycles. The van der Waals surface area contributed by atoms with E-state index in [-0.39, 0.29) is 5.91 Å². The Bertz CT molecular complexity index is 455. The van der Waals surface area contributed by atoms with Gasteiger partial charge in [-0.25, -0.2) is 0 Å². The zero-order chi connectivity index (χ0) is 12.4. The van der Waals surface area contributed by atoms with Crippen LogP contribution in [0.1, 0.15) is 23.2 Å². The molecule has 0 heterocycles. The Morgan fingerprint density at radius 3 is 2.82 bits per heavy atom. The lowest BCUT2D eigenvalue weighted by Crippen LogP contribution is -2.33. The molecule has 0 spiro atoms. The summed E-state index contributed by atoms with van der Waals surface area (Å²) in [7, 11) is 0. The number of benzene rings is 1. The summed E-state index contributed by atoms with van der Waals surface area (Å²) in [4.78, 5) is 14.2. The maximum absolute atomic E-state index is 12.3. The lowest BCUT2D eigenvalue weighted by molar-refractivity contribution is 0.0762. The predicted octanol–water partition coefficient (Wildman–Crippen LogP) is 2.82. The molecule has 1 aliphatic rings. The highest BCUT2D eigenvalue weighted by molar-refractivity contribution is 9.10. The molecule has 4 heteroatoms. The molecule has 1 aromatic rings. The van der Waals surface area contributed by atoms with E-state index in [0.717, 1.165) is 17.3 Å². The zero-order valence-corrected chi connectivity index (χ0v) is 11.1. The third-order valence-electron chi connectivity index (χ3n) is 2.82. The van der Waals surface area contributed by atoms with Crippen LogP contribution in [0.25, 0.3) is 0 Å². The molecule has 0 radical (unpaired) electrons. The summed E-state index contributed by atoms with van der Waals surface area (Å²) in [6, 6.07) is 5.67. The van der Waals surface area contributed by atoms with Crippen molar-refractivity contribution in [3.05, 3.63) is 40.9 Å². The summed E-state index contributed by atoms with van der Waals surface area (Å²) in [5, 5.41) is 0. The summed E-state index contributed by atoms with van der Waals surface area (Å²) < 4.78 is 0.762. The molecule has 90 valence electrons. The van der Waals surface area contributed by atoms with Crippen LogP contribution in [-0.4, -0.2) is 23.4 Å². The monoisotopic (exact) mass is 294 g/mol. The van der Waals surface area contributed by atoms with Gasteiger partial charge in [0.2, 0.25) is 0 Å². The molecule has 1 fully saturated rings. The van der Waals surface area contributed by atoms with Gasteiger partial charge in [0.05, 0.1) is 0 Å². The van der Waals surface area contributed by atoms with Crippen molar-refractivity contribution in [2.24, 2.45) is 0 Å². The second-order valence-electron chi connectivity index (χ2n) is 4.21. The molecule has 0 atom stereocenters. The number of carbonyl (C=O) groups is 1. The van der Waals surface area contributed by atoms with Gasteiger partial charge in [0.1, 0.15) is 0 Å². The van der Waals surface area contributed by atoms with Gasteiger partial charge in [0.25, 0.3) is 5.91 Å². The number of hydrogen-bond acceptors (Lipinski definition) is 2. The average molecular weight is 295 g/mol. The minimum absolute atomic E-state index is 0.0492. The number of carbonyl (C=O) groups excluding carboxylic acids is 1. The number of nitrogen functional groups attached to an aromatic ring is 1. The highest BCUT2D eigenvalue weighted by Crippen LogP contribution is 2.29. The Labute approximate surface area is 109 Å². The van der Waals surface area contributed by atoms with Crippen LogP contribution in [0.3, 0.4) is 0 Å². The minimum atomic E-state index is 0.0492. The summed E-state index contributed by atoms with van der Waals surface area (Å²) in [5.74, 6) is 0.0492. The van der Waals surface area contributed by atoms with E-state index in [1.807, 2.05) is 4.90 Å². The first-order chi connectivity index (χ1) is 8.13. The van der Waals surface area contributed by atoms with Gasteiger partial charge in [-0.05, 0) is 47.0 Å². The number of hydrogen-bond donors (Lipinski definition) is 1. The molecule has 2 N–H and O–H groups in total. The maximum Gasteiger partial charge on any atom is 0.254 e. The van der Waals surface area contributed by atoms with Gasteiger partial charge in [-0.15, -0.1) is 6.58 Å². The second-order valence-corrected chi connectivity index (χ2v) is 5.07. The fourth-order valence-corrected chi connectivity index (χ4v) is 2.13. The molecule has 2 rings (SSSR count). The first-order valence-corrected chi connectivity index (χ1v) is 6.39. The van der Waals surface area contributed by atoms with Crippen LogP contribution in [0.15, 0.2) is 35.3 Å². The summed E-state index contributed by atoms with van der Waals surface area (Å²) in [6.07, 6.45) is 3.95. The van der Waals surface area contributed by atoms with Crippen molar-refractivity contribution in [3.8, 4) is 0 Å². The molecule has 17 heavy (non-hydrogen) atoms. The third kappa shape index (κ3) is 2.69. The van der Waals surface area contributed by atoms with Crippen molar-refractivity contribution in [2.45, 2.75) is 18.9 Å². The van der Waals surface area contributed by atoms with Gasteiger partial charge >= 0.3 is 0 Å². The number of rotatable bonds is 4. The summed E-state index contributed by atoms with van der Waals surface area (Å²) >= 11 is 3.34. The smallest absolute Gasteiger partial charge is 0.254 e. The SMILES string of the molecule is C=CCN(C(=O)c1ccc(N)c(Br)c1)C1CC1. The molecule has 1 amide bonds. The molecular weight excluding hydrogens is 280 g/mol. The van der Waals surface area contributed by atoms with Crippen LogP contribution >= 0.6 is 15.9 Å². The van der Waals surface area contributed by atoms with Gasteiger partial charge in [-0.2, -0.15) is 0 Å². The molecule has 0 saturated heterocycles. The van der Waals surface area contributed by atoms with E-state index in [2.05, 4.69) is 22.5 Å². The third-order valence-corrected chi connectivity index (χ3v) is 3.51. The van der Waals surface area contributed by atoms with Crippen LogP contribution in [0.4, 0.5) is 5.69 Å². The first-order valence-electron chi connectivity index (χ1n) is 5.60. The Morgan fingerprint density at radius 1 is 1.59 bits per heavy atom. The van der Waals surface area contributed by atoms with E-state index in [9.17, 15) is 4.79 Å². The summed E-state index contributed by atoms with van der Waals surface area (Å²) in [5.41, 5.74) is 7.02. The van der Waals surface area contributed by atoms with Crippen LogP contribution < -0.4 is 5.73 Å². The van der Waals surface area contributed by atoms with E-state index >= 15 is 0 Å². The first kappa shape index (κ1) is 12.2. The average Bonchev–Trinajstić information content (AvgIpc) is 3.13. The van der Waals surface area contributed by atoms with Gasteiger partial charge in [-0.1, -0.05) is 6.08 Å². The minimum Gasteiger partial charge on any atom is -0.398 e. The topological polar surface area (TPSA) is 46.3 Å². The number of halogens is 1. The van der Waals surface area contributed by atoms with Gasteiger partial charge in [0, 0.05) is 28.3 Å². The number of nitrogens with zero attached hydrogens (tertiary/aromatic N) is 1. The standard InChI is InChI=1S/C13H15BrN2O/c1-2-7-16(10-4-5-10)13(17)9-3-6-12(15)11(14)8-9/h2-3,6,8,10H,1,4-5,7,15H2. The lowest BCUT2D eigenvalue weighted by Gasteiger charge is -2.20. The number of amides is 1. The Morgan fingerprint density at radius 2 is 2.29 bits per heavy atom. The van der Waals surface area contributed by atoms with Crippen molar-refractivity contribution < 1.29 is 4.79 Å². The van der Waals surface area contributed by atoms with E-state index in [4.69, 9.17) is 5.73 Å². The summed E-state index contributed by atoms with van der Waals surface area (Å²) in [6.45, 7) is 4.30. The number of nitrogens with two attached hydrogens (primary N) is 1. The zero-order valence-electron chi connectivity index (χ0n) is 9.53. The maximum atomic E-state index is 12.3. The highest BCUT2D eigenvalue weighted by atomic mass is 79.9. The normalized spacial score (nSPS) is 14.4. The van der Waals surface area contributed by atoms with E-state index in [1.54, 1.807) is 24.3 Å². The van der Waals surface area contributed by atoms with Crippen molar-refractivity contribution >= 4 is 27.5 Å². The molecule has 0 aromatic heterocycles. The Hall–Kier alpha value is -1.29. The largest absolute Gasteiger partial charge is 0.398 e. The van der Waals surface area contributed by atoms with Gasteiger partial charge in [0.15, 0.2) is 0 Å². The van der Waals surface area contributed by atoms with Crippen LogP contribution in [-0.2, 0) is 0 Å². The predicted molar refractivity (Wildman–Crippen MR) is 72.8 cm³/mol. The van der Waals surface area contributed by atoms with Crippen LogP contribution in [0.5, 0.6) is 0 Å². The van der Waals surface area contributed by atoms with Crippen molar-refractivity contribution in [1.82, 2.24) is 4.90 Å². The Balaban J connectivity index is 2.21. The second kappa shape index (κ2) is 4.92. The van der Waals surface area contributed by atoms with E-state index in [1.165, 1.54) is 0 Å². The molecule has 1 aromatic carbocycles. The fourth-order valence-electron chi connectivity index (χ4n) is 1.75. The molecule has 3 nitrogen and oxygen atoms in total. The molecule has 1 saturated carbocycles. The van der Waals surface area contributed by atoms with Gasteiger partial charge in [-0.3, -0.25) is 4.79 Å². The fraction of sp³-hybridized carbons (Fsp3) is 0.308. The van der Waals surface area contributed by atoms with Gasteiger partial charge < -0.3 is 10.6 Å². The molecular formula is C13H15BrN2O. The van der Waals surface area contributed by atoms with E-state index < -0.39 is 0 Å². The van der Waals surface area contributed by atoms with Crippen LogP contribution in [0, 0.1) is 0 Å². The molecule has 0 unspecified atom stereocenters. The van der Waals surface area contributed by atoms with Crippen molar-refractivity contribution in [1.29, 1.82) is 0 Å². The van der Waals surface area contributed by atoms with Crippen molar-refractivity contribution in [2.75, 3.05) is 12.3 Å². The molecule has 0 bridgehead atoms. The molecule has 1 aliphatic carbocycles. The highest BCUT2D eigenvalue weighted by Gasteiger charge is 2.32. The Kier molecular flexibility index (Phi) is 3.52. The van der Waals surface area contributed by atoms with Crippen LogP contribution in [0.2, 0.25) is 0 Å². The quantitative estimate of drug-likeness (QED) is 0.686. The van der Waals surface area contributed by atoms with Crippen molar-refractivity contribution in [3.63, 3.8) is 0 Å². The number of anilines is 1. The lowest BCUT2D eigenvalue weighted by atomic mass is 10.2.